The Morgan fingerprint density at radius 3 is 2.52 bits per heavy atom. The Hall–Kier alpha value is -3.22. The summed E-state index contributed by atoms with van der Waals surface area (Å²) in [6.45, 7) is 0. The molecular formula is C24H18ClN5S. The fraction of sp³-hybridized carbons (Fsp3) is 0.0833. The summed E-state index contributed by atoms with van der Waals surface area (Å²) in [6, 6.07) is 26.7. The smallest absolute Gasteiger partial charge is 0.212 e. The monoisotopic (exact) mass is 443 g/mol. The van der Waals surface area contributed by atoms with Crippen molar-refractivity contribution in [2.75, 3.05) is 5.43 Å². The van der Waals surface area contributed by atoms with Gasteiger partial charge >= 0.3 is 0 Å². The highest BCUT2D eigenvalue weighted by atomic mass is 35.5. The van der Waals surface area contributed by atoms with E-state index in [-0.39, 0.29) is 5.37 Å². The van der Waals surface area contributed by atoms with Gasteiger partial charge in [-0.2, -0.15) is 0 Å². The first kappa shape index (κ1) is 18.5. The first-order valence-electron chi connectivity index (χ1n) is 10.0. The summed E-state index contributed by atoms with van der Waals surface area (Å²) in [7, 11) is 0. The molecule has 152 valence electrons. The molecule has 0 fully saturated rings. The van der Waals surface area contributed by atoms with Crippen LogP contribution in [0, 0.1) is 0 Å². The van der Waals surface area contributed by atoms with E-state index >= 15 is 0 Å². The number of aromatic nitrogens is 4. The second-order valence-corrected chi connectivity index (χ2v) is 9.00. The quantitative estimate of drug-likeness (QED) is 0.356. The number of benzene rings is 3. The van der Waals surface area contributed by atoms with Crippen LogP contribution in [0.1, 0.15) is 22.3 Å². The Labute approximate surface area is 188 Å². The van der Waals surface area contributed by atoms with E-state index in [4.69, 9.17) is 11.6 Å². The first-order chi connectivity index (χ1) is 15.3. The number of H-pyrrole nitrogens is 1. The Bertz CT molecular complexity index is 1370. The topological polar surface area (TPSA) is 58.5 Å². The molecule has 0 saturated heterocycles. The summed E-state index contributed by atoms with van der Waals surface area (Å²) in [4.78, 5) is 3.61. The predicted molar refractivity (Wildman–Crippen MR) is 126 cm³/mol. The molecule has 1 aliphatic heterocycles. The molecule has 5 aromatic rings. The van der Waals surface area contributed by atoms with E-state index in [2.05, 4.69) is 69.1 Å². The van der Waals surface area contributed by atoms with Gasteiger partial charge in [-0.05, 0) is 29.3 Å². The predicted octanol–water partition coefficient (Wildman–Crippen LogP) is 6.02. The standard InChI is InChI=1S/C24H18ClN5S/c25-17-12-10-16(11-13-17)22-21(18-8-4-5-9-19(18)26-22)23-29-30-20(27-28-24(30)31-23)14-15-6-2-1-3-7-15/h1-13,23,26,29H,14H2. The number of nitrogens with one attached hydrogen (secondary N) is 2. The van der Waals surface area contributed by atoms with Crippen LogP contribution >= 0.6 is 23.4 Å². The molecular weight excluding hydrogens is 426 g/mol. The number of halogens is 1. The summed E-state index contributed by atoms with van der Waals surface area (Å²) in [5, 5.41) is 11.7. The number of thioether (sulfide) groups is 1. The first-order valence-corrected chi connectivity index (χ1v) is 11.3. The lowest BCUT2D eigenvalue weighted by Gasteiger charge is -2.14. The number of nitrogens with zero attached hydrogens (tertiary/aromatic N) is 3. The molecule has 7 heteroatoms. The Morgan fingerprint density at radius 1 is 0.903 bits per heavy atom. The van der Waals surface area contributed by atoms with Crippen molar-refractivity contribution in [3.8, 4) is 11.3 Å². The maximum absolute atomic E-state index is 6.13. The minimum atomic E-state index is 0.0156. The van der Waals surface area contributed by atoms with Crippen LogP contribution in [0.5, 0.6) is 0 Å². The molecule has 0 bridgehead atoms. The van der Waals surface area contributed by atoms with Gasteiger partial charge in [0, 0.05) is 27.9 Å². The zero-order valence-corrected chi connectivity index (χ0v) is 18.0. The van der Waals surface area contributed by atoms with Gasteiger partial charge < -0.3 is 10.4 Å². The molecule has 31 heavy (non-hydrogen) atoms. The van der Waals surface area contributed by atoms with Crippen LogP contribution in [0.15, 0.2) is 84.0 Å². The molecule has 3 aromatic carbocycles. The maximum Gasteiger partial charge on any atom is 0.212 e. The average molecular weight is 444 g/mol. The van der Waals surface area contributed by atoms with E-state index in [1.807, 2.05) is 35.0 Å². The van der Waals surface area contributed by atoms with E-state index in [0.29, 0.717) is 0 Å². The molecule has 2 N–H and O–H groups in total. The summed E-state index contributed by atoms with van der Waals surface area (Å²) in [5.74, 6) is 0.907. The summed E-state index contributed by atoms with van der Waals surface area (Å²) >= 11 is 7.81. The Kier molecular flexibility index (Phi) is 4.47. The van der Waals surface area contributed by atoms with E-state index in [1.54, 1.807) is 11.8 Å². The SMILES string of the molecule is Clc1ccc(-c2[nH]c3ccccc3c2C2Nn3c(Cc4ccccc4)nnc3S2)cc1. The van der Waals surface area contributed by atoms with Crippen molar-refractivity contribution in [1.82, 2.24) is 19.9 Å². The van der Waals surface area contributed by atoms with Crippen LogP contribution in [0.3, 0.4) is 0 Å². The molecule has 2 aromatic heterocycles. The van der Waals surface area contributed by atoms with Gasteiger partial charge in [0.15, 0.2) is 5.82 Å². The van der Waals surface area contributed by atoms with Crippen molar-refractivity contribution in [1.29, 1.82) is 0 Å². The number of hydrogen-bond donors (Lipinski definition) is 2. The van der Waals surface area contributed by atoms with Gasteiger partial charge in [0.25, 0.3) is 0 Å². The zero-order chi connectivity index (χ0) is 20.8. The summed E-state index contributed by atoms with van der Waals surface area (Å²) in [5.41, 5.74) is 9.34. The van der Waals surface area contributed by atoms with Crippen LogP contribution in [-0.2, 0) is 6.42 Å². The van der Waals surface area contributed by atoms with E-state index < -0.39 is 0 Å². The fourth-order valence-corrected chi connectivity index (χ4v) is 5.26. The summed E-state index contributed by atoms with van der Waals surface area (Å²) in [6.07, 6.45) is 0.728. The van der Waals surface area contributed by atoms with E-state index in [1.165, 1.54) is 16.5 Å². The van der Waals surface area contributed by atoms with Crippen molar-refractivity contribution in [3.05, 3.63) is 101 Å². The van der Waals surface area contributed by atoms with Gasteiger partial charge in [0.1, 0.15) is 5.37 Å². The Morgan fingerprint density at radius 2 is 1.68 bits per heavy atom. The number of para-hydroxylation sites is 1. The van der Waals surface area contributed by atoms with Gasteiger partial charge in [-0.3, -0.25) is 0 Å². The zero-order valence-electron chi connectivity index (χ0n) is 16.4. The van der Waals surface area contributed by atoms with E-state index in [9.17, 15) is 0 Å². The number of aromatic amines is 1. The van der Waals surface area contributed by atoms with Crippen LogP contribution in [0.25, 0.3) is 22.2 Å². The highest BCUT2D eigenvalue weighted by molar-refractivity contribution is 7.99. The van der Waals surface area contributed by atoms with Crippen molar-refractivity contribution in [2.45, 2.75) is 17.0 Å². The molecule has 1 atom stereocenters. The van der Waals surface area contributed by atoms with Crippen LogP contribution in [0.4, 0.5) is 0 Å². The largest absolute Gasteiger partial charge is 0.354 e. The molecule has 0 spiro atoms. The van der Waals surface area contributed by atoms with Crippen LogP contribution < -0.4 is 5.43 Å². The minimum Gasteiger partial charge on any atom is -0.354 e. The lowest BCUT2D eigenvalue weighted by molar-refractivity contribution is 0.748. The normalized spacial score (nSPS) is 15.2. The highest BCUT2D eigenvalue weighted by Crippen LogP contribution is 2.45. The second kappa shape index (κ2) is 7.48. The van der Waals surface area contributed by atoms with Gasteiger partial charge in [-0.25, -0.2) is 4.68 Å². The molecule has 6 rings (SSSR count). The lowest BCUT2D eigenvalue weighted by Crippen LogP contribution is -2.16. The number of fused-ring (bicyclic) bond motifs is 2. The minimum absolute atomic E-state index is 0.0156. The lowest BCUT2D eigenvalue weighted by atomic mass is 10.1. The molecule has 0 amide bonds. The van der Waals surface area contributed by atoms with Crippen molar-refractivity contribution in [2.24, 2.45) is 0 Å². The van der Waals surface area contributed by atoms with Crippen LogP contribution in [0.2, 0.25) is 5.02 Å². The molecule has 0 saturated carbocycles. The summed E-state index contributed by atoms with van der Waals surface area (Å²) < 4.78 is 2.02. The Balaban J connectivity index is 1.40. The van der Waals surface area contributed by atoms with Gasteiger partial charge in [-0.1, -0.05) is 84.0 Å². The maximum atomic E-state index is 6.13. The van der Waals surface area contributed by atoms with Gasteiger partial charge in [0.2, 0.25) is 5.16 Å². The van der Waals surface area contributed by atoms with Gasteiger partial charge in [0.05, 0.1) is 5.69 Å². The van der Waals surface area contributed by atoms with E-state index in [0.717, 1.165) is 39.2 Å². The van der Waals surface area contributed by atoms with Crippen molar-refractivity contribution >= 4 is 34.3 Å². The fourth-order valence-electron chi connectivity index (χ4n) is 4.05. The third-order valence-corrected chi connectivity index (χ3v) is 6.82. The molecule has 5 nitrogen and oxygen atoms in total. The highest BCUT2D eigenvalue weighted by Gasteiger charge is 2.31. The average Bonchev–Trinajstić information content (AvgIpc) is 3.48. The third kappa shape index (κ3) is 3.28. The van der Waals surface area contributed by atoms with Gasteiger partial charge in [-0.15, -0.1) is 10.2 Å². The molecule has 3 heterocycles. The molecule has 1 aliphatic rings. The van der Waals surface area contributed by atoms with Crippen LogP contribution in [-0.4, -0.2) is 19.9 Å². The second-order valence-electron chi connectivity index (χ2n) is 7.49. The van der Waals surface area contributed by atoms with Crippen molar-refractivity contribution < 1.29 is 0 Å². The van der Waals surface area contributed by atoms with Crippen molar-refractivity contribution in [3.63, 3.8) is 0 Å². The number of hydrogen-bond acceptors (Lipinski definition) is 4. The number of rotatable bonds is 4. The molecule has 0 radical (unpaired) electrons. The molecule has 0 aliphatic carbocycles. The molecule has 1 unspecified atom stereocenters. The third-order valence-electron chi connectivity index (χ3n) is 5.52.